The second kappa shape index (κ2) is 5.17. The van der Waals surface area contributed by atoms with E-state index in [9.17, 15) is 4.79 Å². The van der Waals surface area contributed by atoms with Crippen LogP contribution in [-0.2, 0) is 4.79 Å². The molecule has 0 amide bonds. The molecular weight excluding hydrogens is 212 g/mol. The van der Waals surface area contributed by atoms with Crippen LogP contribution >= 0.6 is 11.6 Å². The van der Waals surface area contributed by atoms with E-state index in [1.807, 2.05) is 26.0 Å². The Kier molecular flexibility index (Phi) is 4.15. The van der Waals surface area contributed by atoms with Crippen LogP contribution in [0.15, 0.2) is 18.2 Å². The number of carbonyl (C=O) groups is 1. The highest BCUT2D eigenvalue weighted by Crippen LogP contribution is 2.22. The number of carbonyl (C=O) groups excluding carboxylic acids is 1. The van der Waals surface area contributed by atoms with E-state index in [-0.39, 0.29) is 11.9 Å². The van der Waals surface area contributed by atoms with Crippen molar-refractivity contribution in [2.24, 2.45) is 0 Å². The zero-order chi connectivity index (χ0) is 11.4. The molecule has 3 heteroatoms. The number of hydrogen-bond acceptors (Lipinski definition) is 2. The fourth-order valence-electron chi connectivity index (χ4n) is 1.37. The van der Waals surface area contributed by atoms with E-state index < -0.39 is 0 Å². The first-order valence-electron chi connectivity index (χ1n) is 4.91. The number of rotatable bonds is 4. The molecule has 0 aliphatic carbocycles. The number of ketones is 1. The fourth-order valence-corrected chi connectivity index (χ4v) is 1.49. The van der Waals surface area contributed by atoms with E-state index in [4.69, 9.17) is 16.3 Å². The molecule has 1 unspecified atom stereocenters. The van der Waals surface area contributed by atoms with Crippen LogP contribution in [0.4, 0.5) is 0 Å². The molecule has 0 aliphatic rings. The van der Waals surface area contributed by atoms with Crippen molar-refractivity contribution in [3.8, 4) is 5.75 Å². The van der Waals surface area contributed by atoms with Crippen LogP contribution in [-0.4, -0.2) is 11.9 Å². The summed E-state index contributed by atoms with van der Waals surface area (Å²) in [7, 11) is 0. The molecule has 0 saturated carbocycles. The molecule has 1 rings (SSSR count). The van der Waals surface area contributed by atoms with Gasteiger partial charge in [-0.15, -0.1) is 0 Å². The van der Waals surface area contributed by atoms with Gasteiger partial charge in [0, 0.05) is 11.4 Å². The first-order chi connectivity index (χ1) is 6.99. The van der Waals surface area contributed by atoms with Crippen molar-refractivity contribution < 1.29 is 9.53 Å². The van der Waals surface area contributed by atoms with Crippen molar-refractivity contribution in [2.75, 3.05) is 0 Å². The highest BCUT2D eigenvalue weighted by Gasteiger charge is 2.07. The summed E-state index contributed by atoms with van der Waals surface area (Å²) in [5.41, 5.74) is 0.976. The predicted molar refractivity (Wildman–Crippen MR) is 61.6 cm³/mol. The molecule has 1 aromatic carbocycles. The highest BCUT2D eigenvalue weighted by molar-refractivity contribution is 6.31. The number of halogens is 1. The second-order valence-electron chi connectivity index (χ2n) is 3.75. The maximum absolute atomic E-state index is 10.9. The molecule has 15 heavy (non-hydrogen) atoms. The Labute approximate surface area is 95.2 Å². The SMILES string of the molecule is CC(=O)CC(C)Oc1ccc(Cl)c(C)c1. The molecule has 2 nitrogen and oxygen atoms in total. The zero-order valence-corrected chi connectivity index (χ0v) is 9.97. The quantitative estimate of drug-likeness (QED) is 0.787. The Morgan fingerprint density at radius 2 is 2.20 bits per heavy atom. The topological polar surface area (TPSA) is 26.3 Å². The third-order valence-corrected chi connectivity index (χ3v) is 2.47. The van der Waals surface area contributed by atoms with Crippen molar-refractivity contribution in [1.82, 2.24) is 0 Å². The fraction of sp³-hybridized carbons (Fsp3) is 0.417. The summed E-state index contributed by atoms with van der Waals surface area (Å²) in [6, 6.07) is 5.48. The maximum atomic E-state index is 10.9. The van der Waals surface area contributed by atoms with Gasteiger partial charge in [0.2, 0.25) is 0 Å². The largest absolute Gasteiger partial charge is 0.490 e. The highest BCUT2D eigenvalue weighted by atomic mass is 35.5. The summed E-state index contributed by atoms with van der Waals surface area (Å²) in [5, 5.41) is 0.724. The summed E-state index contributed by atoms with van der Waals surface area (Å²) in [4.78, 5) is 10.9. The van der Waals surface area contributed by atoms with E-state index in [2.05, 4.69) is 0 Å². The molecule has 0 fully saturated rings. The van der Waals surface area contributed by atoms with Crippen LogP contribution in [0, 0.1) is 6.92 Å². The summed E-state index contributed by atoms with van der Waals surface area (Å²) in [6.07, 6.45) is 0.338. The smallest absolute Gasteiger partial charge is 0.133 e. The van der Waals surface area contributed by atoms with Gasteiger partial charge in [-0.25, -0.2) is 0 Å². The van der Waals surface area contributed by atoms with E-state index in [0.717, 1.165) is 16.3 Å². The Hall–Kier alpha value is -1.02. The second-order valence-corrected chi connectivity index (χ2v) is 4.15. The molecule has 1 aromatic rings. The van der Waals surface area contributed by atoms with Gasteiger partial charge in [0.05, 0.1) is 0 Å². The van der Waals surface area contributed by atoms with Gasteiger partial charge in [0.15, 0.2) is 0 Å². The van der Waals surface area contributed by atoms with Crippen LogP contribution in [0.5, 0.6) is 5.75 Å². The average Bonchev–Trinajstić information content (AvgIpc) is 2.10. The lowest BCUT2D eigenvalue weighted by molar-refractivity contribution is -0.118. The number of hydrogen-bond donors (Lipinski definition) is 0. The first-order valence-corrected chi connectivity index (χ1v) is 5.29. The summed E-state index contributed by atoms with van der Waals surface area (Å²) in [5.74, 6) is 0.888. The maximum Gasteiger partial charge on any atom is 0.133 e. The molecule has 0 aliphatic heterocycles. The lowest BCUT2D eigenvalue weighted by Crippen LogP contribution is -2.15. The van der Waals surface area contributed by atoms with Gasteiger partial charge in [-0.05, 0) is 44.5 Å². The molecule has 82 valence electrons. The number of Topliss-reactive ketones (excluding diaryl/α,β-unsaturated/α-hetero) is 1. The van der Waals surface area contributed by atoms with Crippen LogP contribution in [0.2, 0.25) is 5.02 Å². The first kappa shape index (κ1) is 12.1. The number of ether oxygens (including phenoxy) is 1. The normalized spacial score (nSPS) is 12.3. The van der Waals surface area contributed by atoms with Crippen molar-refractivity contribution in [3.63, 3.8) is 0 Å². The Morgan fingerprint density at radius 3 is 2.73 bits per heavy atom. The molecule has 0 N–H and O–H groups in total. The van der Waals surface area contributed by atoms with E-state index in [1.165, 1.54) is 0 Å². The van der Waals surface area contributed by atoms with Crippen LogP contribution in [0.1, 0.15) is 25.8 Å². The van der Waals surface area contributed by atoms with Gasteiger partial charge in [-0.1, -0.05) is 11.6 Å². The number of aryl methyl sites for hydroxylation is 1. The van der Waals surface area contributed by atoms with E-state index in [1.54, 1.807) is 13.0 Å². The van der Waals surface area contributed by atoms with Gasteiger partial charge in [0.1, 0.15) is 17.6 Å². The van der Waals surface area contributed by atoms with Crippen molar-refractivity contribution in [3.05, 3.63) is 28.8 Å². The van der Waals surface area contributed by atoms with E-state index >= 15 is 0 Å². The van der Waals surface area contributed by atoms with Crippen LogP contribution in [0.3, 0.4) is 0 Å². The van der Waals surface area contributed by atoms with E-state index in [0.29, 0.717) is 6.42 Å². The van der Waals surface area contributed by atoms with Crippen molar-refractivity contribution in [2.45, 2.75) is 33.3 Å². The molecule has 0 radical (unpaired) electrons. The molecular formula is C12H15ClO2. The minimum absolute atomic E-state index is 0.0944. The van der Waals surface area contributed by atoms with Gasteiger partial charge in [0.25, 0.3) is 0 Å². The molecule has 0 bridgehead atoms. The molecule has 1 atom stereocenters. The lowest BCUT2D eigenvalue weighted by atomic mass is 10.2. The molecule has 0 spiro atoms. The lowest BCUT2D eigenvalue weighted by Gasteiger charge is -2.13. The number of benzene rings is 1. The summed E-state index contributed by atoms with van der Waals surface area (Å²) in [6.45, 7) is 5.36. The standard InChI is InChI=1S/C12H15ClO2/c1-8-6-11(4-5-12(8)13)15-10(3)7-9(2)14/h4-6,10H,7H2,1-3H3. The van der Waals surface area contributed by atoms with Gasteiger partial charge in [-0.3, -0.25) is 4.79 Å². The van der Waals surface area contributed by atoms with Crippen LogP contribution < -0.4 is 4.74 Å². The third-order valence-electron chi connectivity index (χ3n) is 2.04. The van der Waals surface area contributed by atoms with Gasteiger partial charge in [-0.2, -0.15) is 0 Å². The monoisotopic (exact) mass is 226 g/mol. The Bertz CT molecular complexity index is 361. The summed E-state index contributed by atoms with van der Waals surface area (Å²) >= 11 is 5.89. The van der Waals surface area contributed by atoms with Gasteiger partial charge < -0.3 is 4.74 Å². The van der Waals surface area contributed by atoms with Gasteiger partial charge >= 0.3 is 0 Å². The Balaban J connectivity index is 2.64. The van der Waals surface area contributed by atoms with Crippen molar-refractivity contribution >= 4 is 17.4 Å². The zero-order valence-electron chi connectivity index (χ0n) is 9.21. The Morgan fingerprint density at radius 1 is 1.53 bits per heavy atom. The molecule has 0 aromatic heterocycles. The molecule has 0 saturated heterocycles. The van der Waals surface area contributed by atoms with Crippen LogP contribution in [0.25, 0.3) is 0 Å². The minimum atomic E-state index is -0.0944. The molecule has 0 heterocycles. The average molecular weight is 227 g/mol. The minimum Gasteiger partial charge on any atom is -0.490 e. The third kappa shape index (κ3) is 3.92. The summed E-state index contributed by atoms with van der Waals surface area (Å²) < 4.78 is 5.58. The predicted octanol–water partition coefficient (Wildman–Crippen LogP) is 3.39. The van der Waals surface area contributed by atoms with Crippen molar-refractivity contribution in [1.29, 1.82) is 0 Å².